The van der Waals surface area contributed by atoms with Crippen molar-refractivity contribution >= 4 is 23.2 Å². The summed E-state index contributed by atoms with van der Waals surface area (Å²) in [7, 11) is 0. The zero-order valence-electron chi connectivity index (χ0n) is 9.90. The second-order valence-electron chi connectivity index (χ2n) is 4.15. The van der Waals surface area contributed by atoms with Crippen molar-refractivity contribution in [1.29, 1.82) is 0 Å². The molecule has 1 unspecified atom stereocenters. The van der Waals surface area contributed by atoms with E-state index < -0.39 is 18.4 Å². The number of carboxylic acids is 1. The summed E-state index contributed by atoms with van der Waals surface area (Å²) in [6, 6.07) is 0. The topological polar surface area (TPSA) is 86.6 Å². The Morgan fingerprint density at radius 2 is 2.12 bits per heavy atom. The van der Waals surface area contributed by atoms with Crippen molar-refractivity contribution in [2.45, 2.75) is 39.0 Å². The smallest absolute Gasteiger partial charge is 0.149 e. The van der Waals surface area contributed by atoms with E-state index >= 15 is 0 Å². The average molecular weight is 238 g/mol. The molecule has 0 bridgehead atoms. The lowest BCUT2D eigenvalue weighted by atomic mass is 9.82. The normalized spacial score (nSPS) is 22.8. The SMILES string of the molecule is CCCC(=O)C1C(=O)CCCC1=NCC(=O)[O-]. The maximum atomic E-state index is 11.8. The first-order chi connectivity index (χ1) is 8.06. The van der Waals surface area contributed by atoms with Gasteiger partial charge in [0.25, 0.3) is 0 Å². The molecule has 0 radical (unpaired) electrons. The van der Waals surface area contributed by atoms with E-state index in [1.807, 2.05) is 6.92 Å². The van der Waals surface area contributed by atoms with E-state index in [1.54, 1.807) is 0 Å². The van der Waals surface area contributed by atoms with Crippen molar-refractivity contribution in [2.75, 3.05) is 6.54 Å². The molecule has 1 atom stereocenters. The summed E-state index contributed by atoms with van der Waals surface area (Å²) in [5, 5.41) is 10.3. The number of aliphatic carboxylic acids is 1. The van der Waals surface area contributed by atoms with E-state index in [0.717, 1.165) is 0 Å². The van der Waals surface area contributed by atoms with E-state index in [0.29, 0.717) is 37.8 Å². The van der Waals surface area contributed by atoms with Crippen LogP contribution in [0.2, 0.25) is 0 Å². The largest absolute Gasteiger partial charge is 0.548 e. The van der Waals surface area contributed by atoms with Crippen molar-refractivity contribution in [3.8, 4) is 0 Å². The lowest BCUT2D eigenvalue weighted by Crippen LogP contribution is -2.36. The summed E-state index contributed by atoms with van der Waals surface area (Å²) in [6.45, 7) is 1.39. The molecule has 0 aliphatic heterocycles. The molecule has 1 fully saturated rings. The Morgan fingerprint density at radius 3 is 2.71 bits per heavy atom. The molecule has 0 aromatic rings. The third-order valence-electron chi connectivity index (χ3n) is 2.74. The van der Waals surface area contributed by atoms with Gasteiger partial charge in [-0.25, -0.2) is 0 Å². The molecule has 94 valence electrons. The number of aliphatic imine (C=N–C) groups is 1. The molecule has 5 heteroatoms. The van der Waals surface area contributed by atoms with Gasteiger partial charge in [-0.1, -0.05) is 6.92 Å². The van der Waals surface area contributed by atoms with E-state index in [-0.39, 0.29) is 11.6 Å². The third kappa shape index (κ3) is 3.76. The van der Waals surface area contributed by atoms with Gasteiger partial charge in [0.1, 0.15) is 17.5 Å². The minimum absolute atomic E-state index is 0.133. The zero-order chi connectivity index (χ0) is 12.8. The molecule has 0 amide bonds. The van der Waals surface area contributed by atoms with Crippen LogP contribution in [0.5, 0.6) is 0 Å². The minimum Gasteiger partial charge on any atom is -0.548 e. The van der Waals surface area contributed by atoms with Crippen LogP contribution in [-0.4, -0.2) is 29.8 Å². The van der Waals surface area contributed by atoms with Crippen molar-refractivity contribution < 1.29 is 19.5 Å². The summed E-state index contributed by atoms with van der Waals surface area (Å²) in [5.74, 6) is -2.37. The lowest BCUT2D eigenvalue weighted by molar-refractivity contribution is -0.303. The van der Waals surface area contributed by atoms with Crippen LogP contribution in [-0.2, 0) is 14.4 Å². The minimum atomic E-state index is -1.29. The Bertz CT molecular complexity index is 360. The van der Waals surface area contributed by atoms with Crippen LogP contribution in [0.15, 0.2) is 4.99 Å². The molecule has 17 heavy (non-hydrogen) atoms. The first-order valence-corrected chi connectivity index (χ1v) is 5.84. The first-order valence-electron chi connectivity index (χ1n) is 5.84. The van der Waals surface area contributed by atoms with E-state index in [9.17, 15) is 19.5 Å². The van der Waals surface area contributed by atoms with Crippen LogP contribution in [0.4, 0.5) is 0 Å². The van der Waals surface area contributed by atoms with Gasteiger partial charge in [-0.05, 0) is 19.3 Å². The van der Waals surface area contributed by atoms with Crippen molar-refractivity contribution in [1.82, 2.24) is 0 Å². The van der Waals surface area contributed by atoms with Gasteiger partial charge < -0.3 is 9.90 Å². The van der Waals surface area contributed by atoms with Gasteiger partial charge in [0, 0.05) is 18.6 Å². The van der Waals surface area contributed by atoms with Crippen molar-refractivity contribution in [3.05, 3.63) is 0 Å². The van der Waals surface area contributed by atoms with Crippen LogP contribution in [0.25, 0.3) is 0 Å². The molecular weight excluding hydrogens is 222 g/mol. The Morgan fingerprint density at radius 1 is 1.41 bits per heavy atom. The fourth-order valence-electron chi connectivity index (χ4n) is 2.01. The predicted octanol–water partition coefficient (Wildman–Crippen LogP) is -0.0843. The number of ketones is 2. The molecule has 0 spiro atoms. The maximum Gasteiger partial charge on any atom is 0.149 e. The third-order valence-corrected chi connectivity index (χ3v) is 2.74. The van der Waals surface area contributed by atoms with Crippen molar-refractivity contribution in [3.63, 3.8) is 0 Å². The summed E-state index contributed by atoms with van der Waals surface area (Å²) in [6.07, 6.45) is 2.56. The summed E-state index contributed by atoms with van der Waals surface area (Å²) in [5.41, 5.74) is 0.420. The highest BCUT2D eigenvalue weighted by Gasteiger charge is 2.33. The predicted molar refractivity (Wildman–Crippen MR) is 59.6 cm³/mol. The van der Waals surface area contributed by atoms with E-state index in [4.69, 9.17) is 0 Å². The van der Waals surface area contributed by atoms with Gasteiger partial charge in [0.05, 0.1) is 12.5 Å². The lowest BCUT2D eigenvalue weighted by Gasteiger charge is -2.22. The van der Waals surface area contributed by atoms with Crippen LogP contribution in [0.3, 0.4) is 0 Å². The number of carbonyl (C=O) groups is 3. The zero-order valence-corrected chi connectivity index (χ0v) is 9.90. The molecule has 1 saturated carbocycles. The van der Waals surface area contributed by atoms with Gasteiger partial charge in [-0.15, -0.1) is 0 Å². The van der Waals surface area contributed by atoms with Gasteiger partial charge in [-0.2, -0.15) is 0 Å². The molecule has 0 aromatic carbocycles. The molecule has 1 aliphatic carbocycles. The summed E-state index contributed by atoms with van der Waals surface area (Å²) < 4.78 is 0. The highest BCUT2D eigenvalue weighted by atomic mass is 16.4. The van der Waals surface area contributed by atoms with Crippen LogP contribution in [0.1, 0.15) is 39.0 Å². The quantitative estimate of drug-likeness (QED) is 0.626. The summed E-state index contributed by atoms with van der Waals surface area (Å²) >= 11 is 0. The monoisotopic (exact) mass is 238 g/mol. The Labute approximate surface area is 99.9 Å². The fourth-order valence-corrected chi connectivity index (χ4v) is 2.01. The van der Waals surface area contributed by atoms with Gasteiger partial charge in [-0.3, -0.25) is 14.6 Å². The number of carbonyl (C=O) groups excluding carboxylic acids is 3. The fraction of sp³-hybridized carbons (Fsp3) is 0.667. The van der Waals surface area contributed by atoms with Gasteiger partial charge in [0.15, 0.2) is 0 Å². The molecule has 0 heterocycles. The second kappa shape index (κ2) is 6.27. The molecule has 1 rings (SSSR count). The van der Waals surface area contributed by atoms with Crippen LogP contribution >= 0.6 is 0 Å². The van der Waals surface area contributed by atoms with Gasteiger partial charge in [0.2, 0.25) is 0 Å². The molecule has 0 saturated heterocycles. The van der Waals surface area contributed by atoms with Gasteiger partial charge >= 0.3 is 0 Å². The summed E-state index contributed by atoms with van der Waals surface area (Å²) in [4.78, 5) is 37.7. The number of Topliss-reactive ketones (excluding diaryl/α,β-unsaturated/α-hetero) is 2. The highest BCUT2D eigenvalue weighted by molar-refractivity contribution is 6.22. The standard InChI is InChI=1S/C12H17NO4/c1-2-4-9(14)12-8(13-7-11(16)17)5-3-6-10(12)15/h12H,2-7H2,1H3,(H,16,17)/p-1. The Hall–Kier alpha value is -1.52. The highest BCUT2D eigenvalue weighted by Crippen LogP contribution is 2.21. The first kappa shape index (κ1) is 13.5. The molecule has 1 aliphatic rings. The average Bonchev–Trinajstić information content (AvgIpc) is 2.26. The molecule has 0 aromatic heterocycles. The number of carboxylic acid groups (broad SMARTS) is 1. The van der Waals surface area contributed by atoms with Crippen LogP contribution in [0, 0.1) is 5.92 Å². The molecule has 5 nitrogen and oxygen atoms in total. The Kier molecular flexibility index (Phi) is 5.00. The molecular formula is C12H16NO4-. The number of nitrogens with zero attached hydrogens (tertiary/aromatic N) is 1. The van der Waals surface area contributed by atoms with E-state index in [2.05, 4.69) is 4.99 Å². The number of hydrogen-bond acceptors (Lipinski definition) is 5. The van der Waals surface area contributed by atoms with Crippen molar-refractivity contribution in [2.24, 2.45) is 10.9 Å². The number of rotatable bonds is 5. The Balaban J connectivity index is 2.84. The second-order valence-corrected chi connectivity index (χ2v) is 4.15. The maximum absolute atomic E-state index is 11.8. The van der Waals surface area contributed by atoms with E-state index in [1.165, 1.54) is 0 Å². The molecule has 0 N–H and O–H groups in total. The number of hydrogen-bond donors (Lipinski definition) is 0. The van der Waals surface area contributed by atoms with Crippen LogP contribution < -0.4 is 5.11 Å².